The van der Waals surface area contributed by atoms with Gasteiger partial charge in [-0.1, -0.05) is 6.07 Å². The van der Waals surface area contributed by atoms with Gasteiger partial charge in [0, 0.05) is 5.56 Å². The number of thiophene rings is 2. The molecule has 3 heterocycles. The lowest BCUT2D eigenvalue weighted by Crippen LogP contribution is -3.13. The summed E-state index contributed by atoms with van der Waals surface area (Å²) >= 11 is 3.11. The minimum atomic E-state index is -0.171. The van der Waals surface area contributed by atoms with Crippen molar-refractivity contribution in [3.63, 3.8) is 0 Å². The van der Waals surface area contributed by atoms with Gasteiger partial charge < -0.3 is 15.1 Å². The molecule has 1 fully saturated rings. The Labute approximate surface area is 143 Å². The van der Waals surface area contributed by atoms with Gasteiger partial charge in [-0.05, 0) is 28.3 Å². The Balaban J connectivity index is 1.40. The standard InChI is InChI=1S/C16H19N3O2S2/c20-15(10-17-16(21)14-2-1-8-23-14)19-6-4-18(5-7-19)11-13-3-9-22-12-13/h1-3,8-9,12H,4-7,10-11H2,(H,17,21)/p+1. The van der Waals surface area contributed by atoms with Crippen LogP contribution >= 0.6 is 22.7 Å². The molecule has 122 valence electrons. The smallest absolute Gasteiger partial charge is 0.261 e. The molecule has 5 nitrogen and oxygen atoms in total. The molecule has 1 aliphatic rings. The highest BCUT2D eigenvalue weighted by atomic mass is 32.1. The van der Waals surface area contributed by atoms with Crippen LogP contribution in [-0.2, 0) is 11.3 Å². The molecule has 0 radical (unpaired) electrons. The summed E-state index contributed by atoms with van der Waals surface area (Å²) in [6, 6.07) is 5.75. The fraction of sp³-hybridized carbons (Fsp3) is 0.375. The molecule has 0 unspecified atom stereocenters. The van der Waals surface area contributed by atoms with E-state index < -0.39 is 0 Å². The van der Waals surface area contributed by atoms with E-state index in [0.717, 1.165) is 32.7 Å². The van der Waals surface area contributed by atoms with Gasteiger partial charge in [0.15, 0.2) is 0 Å². The van der Waals surface area contributed by atoms with Crippen molar-refractivity contribution in [2.24, 2.45) is 0 Å². The van der Waals surface area contributed by atoms with E-state index in [4.69, 9.17) is 0 Å². The molecule has 2 amide bonds. The summed E-state index contributed by atoms with van der Waals surface area (Å²) in [6.45, 7) is 4.54. The highest BCUT2D eigenvalue weighted by Gasteiger charge is 2.24. The molecular formula is C16H20N3O2S2+. The van der Waals surface area contributed by atoms with Crippen LogP contribution in [0.25, 0.3) is 0 Å². The number of piperazine rings is 1. The summed E-state index contributed by atoms with van der Waals surface area (Å²) in [5.41, 5.74) is 1.37. The summed E-state index contributed by atoms with van der Waals surface area (Å²) in [4.78, 5) is 28.1. The summed E-state index contributed by atoms with van der Waals surface area (Å²) in [5, 5.41) is 8.85. The molecule has 0 spiro atoms. The fourth-order valence-electron chi connectivity index (χ4n) is 2.69. The van der Waals surface area contributed by atoms with Gasteiger partial charge in [-0.2, -0.15) is 11.3 Å². The van der Waals surface area contributed by atoms with E-state index in [-0.39, 0.29) is 18.4 Å². The Hall–Kier alpha value is -1.70. The second kappa shape index (κ2) is 7.72. The van der Waals surface area contributed by atoms with Crippen LogP contribution in [0.4, 0.5) is 0 Å². The third kappa shape index (κ3) is 4.40. The predicted octanol–water partition coefficient (Wildman–Crippen LogP) is 0.467. The minimum Gasteiger partial charge on any atom is -0.342 e. The van der Waals surface area contributed by atoms with Gasteiger partial charge in [0.1, 0.15) is 6.54 Å². The van der Waals surface area contributed by atoms with E-state index >= 15 is 0 Å². The highest BCUT2D eigenvalue weighted by Crippen LogP contribution is 2.07. The maximum absolute atomic E-state index is 12.2. The maximum atomic E-state index is 12.2. The van der Waals surface area contributed by atoms with Crippen LogP contribution in [-0.4, -0.2) is 49.4 Å². The van der Waals surface area contributed by atoms with E-state index in [2.05, 4.69) is 22.1 Å². The van der Waals surface area contributed by atoms with Crippen molar-refractivity contribution in [3.05, 3.63) is 44.8 Å². The Morgan fingerprint density at radius 1 is 1.22 bits per heavy atom. The molecule has 2 N–H and O–H groups in total. The van der Waals surface area contributed by atoms with Crippen molar-refractivity contribution < 1.29 is 14.5 Å². The number of quaternary nitrogens is 1. The maximum Gasteiger partial charge on any atom is 0.261 e. The number of carbonyl (C=O) groups is 2. The largest absolute Gasteiger partial charge is 0.342 e. The Morgan fingerprint density at radius 2 is 2.04 bits per heavy atom. The molecule has 2 aromatic heterocycles. The van der Waals surface area contributed by atoms with Gasteiger partial charge in [-0.25, -0.2) is 0 Å². The van der Waals surface area contributed by atoms with Crippen LogP contribution in [0, 0.1) is 0 Å². The normalized spacial score (nSPS) is 15.6. The van der Waals surface area contributed by atoms with Crippen molar-refractivity contribution in [1.82, 2.24) is 10.2 Å². The third-order valence-electron chi connectivity index (χ3n) is 4.00. The summed E-state index contributed by atoms with van der Waals surface area (Å²) in [7, 11) is 0. The van der Waals surface area contributed by atoms with Crippen molar-refractivity contribution in [1.29, 1.82) is 0 Å². The number of hydrogen-bond donors (Lipinski definition) is 2. The Kier molecular flexibility index (Phi) is 5.43. The molecule has 1 aliphatic heterocycles. The number of nitrogens with one attached hydrogen (secondary N) is 2. The van der Waals surface area contributed by atoms with Crippen molar-refractivity contribution in [3.8, 4) is 0 Å². The average molecular weight is 350 g/mol. The lowest BCUT2D eigenvalue weighted by Gasteiger charge is -2.32. The molecule has 0 aliphatic carbocycles. The van der Waals surface area contributed by atoms with Gasteiger partial charge in [-0.3, -0.25) is 9.59 Å². The minimum absolute atomic E-state index is 0.00416. The van der Waals surface area contributed by atoms with Crippen LogP contribution < -0.4 is 10.2 Å². The first kappa shape index (κ1) is 16.2. The average Bonchev–Trinajstić information content (AvgIpc) is 3.26. The van der Waals surface area contributed by atoms with Crippen LogP contribution in [0.3, 0.4) is 0 Å². The molecule has 2 aromatic rings. The third-order valence-corrected chi connectivity index (χ3v) is 5.60. The van der Waals surface area contributed by atoms with E-state index in [1.165, 1.54) is 21.8 Å². The van der Waals surface area contributed by atoms with Gasteiger partial charge >= 0.3 is 0 Å². The first-order valence-electron chi connectivity index (χ1n) is 7.66. The summed E-state index contributed by atoms with van der Waals surface area (Å²) in [6.07, 6.45) is 0. The zero-order chi connectivity index (χ0) is 16.1. The Bertz CT molecular complexity index is 632. The zero-order valence-corrected chi connectivity index (χ0v) is 14.4. The highest BCUT2D eigenvalue weighted by molar-refractivity contribution is 7.12. The molecule has 1 saturated heterocycles. The quantitative estimate of drug-likeness (QED) is 0.824. The van der Waals surface area contributed by atoms with E-state index in [9.17, 15) is 9.59 Å². The molecule has 0 saturated carbocycles. The van der Waals surface area contributed by atoms with Crippen molar-refractivity contribution in [2.45, 2.75) is 6.54 Å². The predicted molar refractivity (Wildman–Crippen MR) is 92.0 cm³/mol. The number of rotatable bonds is 5. The molecule has 7 heteroatoms. The van der Waals surface area contributed by atoms with Gasteiger partial charge in [-0.15, -0.1) is 11.3 Å². The molecule has 3 rings (SSSR count). The van der Waals surface area contributed by atoms with Gasteiger partial charge in [0.05, 0.1) is 37.6 Å². The van der Waals surface area contributed by atoms with Crippen LogP contribution in [0.15, 0.2) is 34.3 Å². The SMILES string of the molecule is O=C(NCC(=O)N1CC[NH+](Cc2ccsc2)CC1)c1cccs1. The summed E-state index contributed by atoms with van der Waals surface area (Å²) < 4.78 is 0. The summed E-state index contributed by atoms with van der Waals surface area (Å²) in [5.74, 6) is -0.167. The monoisotopic (exact) mass is 350 g/mol. The lowest BCUT2D eigenvalue weighted by molar-refractivity contribution is -0.917. The number of hydrogen-bond acceptors (Lipinski definition) is 4. The van der Waals surface area contributed by atoms with E-state index in [1.54, 1.807) is 17.4 Å². The van der Waals surface area contributed by atoms with Crippen LogP contribution in [0.1, 0.15) is 15.2 Å². The fourth-order valence-corrected chi connectivity index (χ4v) is 4.00. The molecular weight excluding hydrogens is 330 g/mol. The second-order valence-electron chi connectivity index (χ2n) is 5.60. The number of carbonyl (C=O) groups excluding carboxylic acids is 2. The first-order valence-corrected chi connectivity index (χ1v) is 9.49. The lowest BCUT2D eigenvalue weighted by atomic mass is 10.2. The van der Waals surface area contributed by atoms with Gasteiger partial charge in [0.25, 0.3) is 5.91 Å². The number of nitrogens with zero attached hydrogens (tertiary/aromatic N) is 1. The van der Waals surface area contributed by atoms with Crippen molar-refractivity contribution >= 4 is 34.5 Å². The van der Waals surface area contributed by atoms with Crippen molar-refractivity contribution in [2.75, 3.05) is 32.7 Å². The molecule has 0 bridgehead atoms. The Morgan fingerprint density at radius 3 is 2.70 bits per heavy atom. The van der Waals surface area contributed by atoms with E-state index in [0.29, 0.717) is 4.88 Å². The molecule has 0 aromatic carbocycles. The number of amides is 2. The molecule has 0 atom stereocenters. The van der Waals surface area contributed by atoms with Gasteiger partial charge in [0.2, 0.25) is 5.91 Å². The molecule has 23 heavy (non-hydrogen) atoms. The second-order valence-corrected chi connectivity index (χ2v) is 7.33. The van der Waals surface area contributed by atoms with Crippen LogP contribution in [0.2, 0.25) is 0 Å². The topological polar surface area (TPSA) is 53.9 Å². The van der Waals surface area contributed by atoms with E-state index in [1.807, 2.05) is 16.3 Å². The van der Waals surface area contributed by atoms with Crippen LogP contribution in [0.5, 0.6) is 0 Å². The zero-order valence-electron chi connectivity index (χ0n) is 12.8. The first-order chi connectivity index (χ1) is 11.2.